The number of hydrogen-bond acceptors (Lipinski definition) is 7. The topological polar surface area (TPSA) is 117 Å². The summed E-state index contributed by atoms with van der Waals surface area (Å²) in [5.41, 5.74) is -0.698. The first-order valence-electron chi connectivity index (χ1n) is 11.1. The van der Waals surface area contributed by atoms with Gasteiger partial charge in [-0.05, 0) is 36.2 Å². The van der Waals surface area contributed by atoms with Crippen LogP contribution in [-0.4, -0.2) is 37.1 Å². The van der Waals surface area contributed by atoms with Crippen molar-refractivity contribution in [1.29, 1.82) is 0 Å². The van der Waals surface area contributed by atoms with Gasteiger partial charge in [0, 0.05) is 6.54 Å². The Bertz CT molecular complexity index is 1410. The van der Waals surface area contributed by atoms with Gasteiger partial charge >= 0.3 is 10.1 Å². The molecule has 0 saturated heterocycles. The lowest BCUT2D eigenvalue weighted by Crippen LogP contribution is -2.36. The molecule has 12 heteroatoms. The highest BCUT2D eigenvalue weighted by Crippen LogP contribution is 2.30. The molecular formula is C24H23BrFN3O6S. The lowest BCUT2D eigenvalue weighted by atomic mass is 10.2. The standard InChI is InChI=1S/C24H23BrFN3O6S/c1-2-17-13-34-14-19(25)22-28-20(23(30)27-12-15-8-10-16(26)11-9-15)21(24(31)29(17)22)35-36(32,33)18-6-4-3-5-7-18/h3-11,17,19H,2,12-14H2,1H3,(H,27,30)/t17-,19?/m0/s1. The number of nitrogens with one attached hydrogen (secondary N) is 1. The average Bonchev–Trinajstić information content (AvgIpc) is 3.03. The van der Waals surface area contributed by atoms with Crippen molar-refractivity contribution in [2.45, 2.75) is 35.7 Å². The van der Waals surface area contributed by atoms with Gasteiger partial charge in [-0.2, -0.15) is 8.42 Å². The number of fused-ring (bicyclic) bond motifs is 1. The van der Waals surface area contributed by atoms with Crippen LogP contribution < -0.4 is 15.1 Å². The molecule has 2 aromatic carbocycles. The number of halogens is 2. The van der Waals surface area contributed by atoms with E-state index in [-0.39, 0.29) is 30.5 Å². The van der Waals surface area contributed by atoms with E-state index in [9.17, 15) is 22.4 Å². The number of carbonyl (C=O) groups excluding carboxylic acids is 1. The first-order chi connectivity index (χ1) is 17.2. The summed E-state index contributed by atoms with van der Waals surface area (Å²) in [6.07, 6.45) is 0.495. The number of alkyl halides is 1. The van der Waals surface area contributed by atoms with Crippen LogP contribution in [-0.2, 0) is 21.4 Å². The lowest BCUT2D eigenvalue weighted by molar-refractivity contribution is 0.0943. The Balaban J connectivity index is 1.80. The van der Waals surface area contributed by atoms with Gasteiger partial charge in [-0.15, -0.1) is 0 Å². The highest BCUT2D eigenvalue weighted by atomic mass is 79.9. The third-order valence-electron chi connectivity index (χ3n) is 5.60. The van der Waals surface area contributed by atoms with E-state index in [0.29, 0.717) is 12.0 Å². The van der Waals surface area contributed by atoms with Crippen molar-refractivity contribution in [2.75, 3.05) is 13.2 Å². The molecule has 0 saturated carbocycles. The number of amides is 1. The minimum atomic E-state index is -4.46. The second kappa shape index (κ2) is 10.9. The average molecular weight is 580 g/mol. The van der Waals surface area contributed by atoms with Gasteiger partial charge in [0.25, 0.3) is 11.5 Å². The van der Waals surface area contributed by atoms with Gasteiger partial charge in [0.2, 0.25) is 5.75 Å². The number of hydrogen-bond donors (Lipinski definition) is 1. The molecule has 190 valence electrons. The second-order valence-electron chi connectivity index (χ2n) is 8.05. The van der Waals surface area contributed by atoms with Crippen molar-refractivity contribution in [2.24, 2.45) is 0 Å². The predicted molar refractivity (Wildman–Crippen MR) is 132 cm³/mol. The van der Waals surface area contributed by atoms with Crippen LogP contribution in [0.2, 0.25) is 0 Å². The van der Waals surface area contributed by atoms with Crippen LogP contribution in [0.15, 0.2) is 64.3 Å². The summed E-state index contributed by atoms with van der Waals surface area (Å²) in [6.45, 7) is 2.24. The smallest absolute Gasteiger partial charge is 0.339 e. The third kappa shape index (κ3) is 5.50. The fraction of sp³-hybridized carbons (Fsp3) is 0.292. The number of benzene rings is 2. The maximum absolute atomic E-state index is 13.7. The van der Waals surface area contributed by atoms with Gasteiger partial charge in [0.1, 0.15) is 16.5 Å². The molecule has 2 atom stereocenters. The summed E-state index contributed by atoms with van der Waals surface area (Å²) in [4.78, 5) is 30.5. The number of ether oxygens (including phenoxy) is 1. The van der Waals surface area contributed by atoms with E-state index in [0.717, 1.165) is 0 Å². The molecule has 0 aliphatic carbocycles. The Morgan fingerprint density at radius 2 is 1.89 bits per heavy atom. The molecule has 1 unspecified atom stereocenters. The minimum Gasteiger partial charge on any atom is -0.378 e. The molecule has 36 heavy (non-hydrogen) atoms. The van der Waals surface area contributed by atoms with Gasteiger partial charge in [-0.25, -0.2) is 9.37 Å². The Morgan fingerprint density at radius 3 is 2.56 bits per heavy atom. The first-order valence-corrected chi connectivity index (χ1v) is 13.4. The van der Waals surface area contributed by atoms with Crippen molar-refractivity contribution < 1.29 is 26.5 Å². The molecule has 1 aliphatic heterocycles. The maximum atomic E-state index is 13.7. The van der Waals surface area contributed by atoms with E-state index < -0.39 is 49.7 Å². The summed E-state index contributed by atoms with van der Waals surface area (Å²) in [5.74, 6) is -1.74. The van der Waals surface area contributed by atoms with Crippen LogP contribution in [0.25, 0.3) is 0 Å². The Morgan fingerprint density at radius 1 is 1.19 bits per heavy atom. The number of carbonyl (C=O) groups is 1. The van der Waals surface area contributed by atoms with Crippen LogP contribution in [0.1, 0.15) is 46.1 Å². The zero-order valence-electron chi connectivity index (χ0n) is 19.2. The zero-order valence-corrected chi connectivity index (χ0v) is 21.6. The van der Waals surface area contributed by atoms with Crippen molar-refractivity contribution in [3.05, 3.63) is 87.9 Å². The van der Waals surface area contributed by atoms with E-state index in [1.165, 1.54) is 53.1 Å². The highest BCUT2D eigenvalue weighted by molar-refractivity contribution is 9.09. The van der Waals surface area contributed by atoms with E-state index >= 15 is 0 Å². The van der Waals surface area contributed by atoms with Crippen LogP contribution >= 0.6 is 15.9 Å². The molecule has 9 nitrogen and oxygen atoms in total. The van der Waals surface area contributed by atoms with Gasteiger partial charge in [0.15, 0.2) is 5.69 Å². The molecule has 0 spiro atoms. The molecule has 4 rings (SSSR count). The van der Waals surface area contributed by atoms with Crippen LogP contribution in [0.4, 0.5) is 4.39 Å². The van der Waals surface area contributed by atoms with E-state index in [4.69, 9.17) is 8.92 Å². The Kier molecular flexibility index (Phi) is 7.86. The molecule has 0 bridgehead atoms. The summed E-state index contributed by atoms with van der Waals surface area (Å²) in [7, 11) is -4.46. The highest BCUT2D eigenvalue weighted by Gasteiger charge is 2.33. The number of aromatic nitrogens is 2. The van der Waals surface area contributed by atoms with Crippen molar-refractivity contribution in [1.82, 2.24) is 14.9 Å². The lowest BCUT2D eigenvalue weighted by Gasteiger charge is -2.21. The van der Waals surface area contributed by atoms with Crippen molar-refractivity contribution in [3.8, 4) is 5.75 Å². The van der Waals surface area contributed by atoms with Crippen molar-refractivity contribution in [3.63, 3.8) is 0 Å². The molecule has 3 aromatic rings. The normalized spacial score (nSPS) is 17.6. The molecule has 1 aliphatic rings. The van der Waals surface area contributed by atoms with E-state index in [1.54, 1.807) is 6.07 Å². The fourth-order valence-corrected chi connectivity index (χ4v) is 5.17. The Hall–Kier alpha value is -3.09. The third-order valence-corrected chi connectivity index (χ3v) is 7.51. The number of rotatable bonds is 7. The van der Waals surface area contributed by atoms with Crippen LogP contribution in [0, 0.1) is 5.82 Å². The van der Waals surface area contributed by atoms with E-state index in [1.807, 2.05) is 6.92 Å². The maximum Gasteiger partial charge on any atom is 0.339 e. The largest absolute Gasteiger partial charge is 0.378 e. The SMILES string of the molecule is CC[C@H]1COCC(Br)c2nc(C(=O)NCc3ccc(F)cc3)c(OS(=O)(=O)c3ccccc3)c(=O)n21. The zero-order chi connectivity index (χ0) is 25.9. The predicted octanol–water partition coefficient (Wildman–Crippen LogP) is 3.50. The van der Waals surface area contributed by atoms with Crippen LogP contribution in [0.3, 0.4) is 0 Å². The fourth-order valence-electron chi connectivity index (χ4n) is 3.71. The minimum absolute atomic E-state index is 0.0114. The van der Waals surface area contributed by atoms with Crippen LogP contribution in [0.5, 0.6) is 5.75 Å². The van der Waals surface area contributed by atoms with Gasteiger partial charge in [-0.1, -0.05) is 53.2 Å². The van der Waals surface area contributed by atoms with Gasteiger partial charge in [0.05, 0.1) is 24.1 Å². The van der Waals surface area contributed by atoms with E-state index in [2.05, 4.69) is 26.2 Å². The monoisotopic (exact) mass is 579 g/mol. The molecule has 0 fully saturated rings. The van der Waals surface area contributed by atoms with Gasteiger partial charge < -0.3 is 14.2 Å². The first kappa shape index (κ1) is 26.0. The second-order valence-corrected chi connectivity index (χ2v) is 10.7. The molecule has 1 N–H and O–H groups in total. The summed E-state index contributed by atoms with van der Waals surface area (Å²) >= 11 is 3.44. The molecule has 1 amide bonds. The molecular weight excluding hydrogens is 557 g/mol. The summed E-state index contributed by atoms with van der Waals surface area (Å²) < 4.78 is 51.4. The summed E-state index contributed by atoms with van der Waals surface area (Å²) in [5, 5.41) is 2.60. The molecule has 2 heterocycles. The van der Waals surface area contributed by atoms with Crippen molar-refractivity contribution >= 4 is 32.0 Å². The quantitative estimate of drug-likeness (QED) is 0.336. The molecule has 1 aromatic heterocycles. The molecule has 0 radical (unpaired) electrons. The number of nitrogens with zero attached hydrogens (tertiary/aromatic N) is 2. The summed E-state index contributed by atoms with van der Waals surface area (Å²) in [6, 6.07) is 12.3. The van der Waals surface area contributed by atoms with Gasteiger partial charge in [-0.3, -0.25) is 14.2 Å². The Labute approximate surface area is 215 Å².